The van der Waals surface area contributed by atoms with Crippen molar-refractivity contribution in [3.8, 4) is 0 Å². The van der Waals surface area contributed by atoms with Gasteiger partial charge in [-0.15, -0.1) is 11.8 Å². The van der Waals surface area contributed by atoms with Crippen LogP contribution in [0, 0.1) is 0 Å². The third-order valence-corrected chi connectivity index (χ3v) is 5.14. The van der Waals surface area contributed by atoms with Gasteiger partial charge in [0.15, 0.2) is 0 Å². The van der Waals surface area contributed by atoms with Gasteiger partial charge in [0, 0.05) is 16.0 Å². The number of thiazole rings is 1. The second kappa shape index (κ2) is 5.85. The van der Waals surface area contributed by atoms with Gasteiger partial charge in [-0.3, -0.25) is 9.59 Å². The summed E-state index contributed by atoms with van der Waals surface area (Å²) in [6.07, 6.45) is 0.855. The molecule has 1 aliphatic rings. The molecule has 3 rings (SSSR count). The molecule has 20 heavy (non-hydrogen) atoms. The standard InChI is InChI=1S/C14H14N2O2S2/c17-13(15-7-9-8-20-14(18)16-9)11-5-6-19-12-4-2-1-3-10(11)12/h1-4,8,11H,5-7H2,(H,15,17)(H,16,18). The molecule has 0 bridgehead atoms. The van der Waals surface area contributed by atoms with Crippen molar-refractivity contribution in [2.75, 3.05) is 5.75 Å². The van der Waals surface area contributed by atoms with Gasteiger partial charge >= 0.3 is 4.87 Å². The second-order valence-electron chi connectivity index (χ2n) is 4.62. The summed E-state index contributed by atoms with van der Waals surface area (Å²) < 4.78 is 0. The molecule has 1 aromatic heterocycles. The van der Waals surface area contributed by atoms with Crippen molar-refractivity contribution in [3.63, 3.8) is 0 Å². The number of thioether (sulfide) groups is 1. The van der Waals surface area contributed by atoms with Crippen LogP contribution in [0.15, 0.2) is 39.3 Å². The zero-order valence-corrected chi connectivity index (χ0v) is 12.4. The van der Waals surface area contributed by atoms with Crippen molar-refractivity contribution in [1.82, 2.24) is 10.3 Å². The van der Waals surface area contributed by atoms with E-state index in [9.17, 15) is 9.59 Å². The van der Waals surface area contributed by atoms with Gasteiger partial charge < -0.3 is 10.3 Å². The molecule has 2 aromatic rings. The predicted octanol–water partition coefficient (Wildman–Crippen LogP) is 2.33. The molecule has 2 heterocycles. The van der Waals surface area contributed by atoms with Crippen LogP contribution in [0.4, 0.5) is 0 Å². The number of hydrogen-bond donors (Lipinski definition) is 2. The van der Waals surface area contributed by atoms with E-state index in [1.165, 1.54) is 4.90 Å². The number of benzene rings is 1. The van der Waals surface area contributed by atoms with Gasteiger partial charge in [-0.25, -0.2) is 0 Å². The summed E-state index contributed by atoms with van der Waals surface area (Å²) >= 11 is 2.92. The summed E-state index contributed by atoms with van der Waals surface area (Å²) in [7, 11) is 0. The first-order valence-corrected chi connectivity index (χ1v) is 8.26. The van der Waals surface area contributed by atoms with Gasteiger partial charge in [-0.2, -0.15) is 0 Å². The van der Waals surface area contributed by atoms with E-state index in [2.05, 4.69) is 16.4 Å². The summed E-state index contributed by atoms with van der Waals surface area (Å²) in [5, 5.41) is 4.65. The zero-order valence-electron chi connectivity index (χ0n) is 10.7. The molecule has 104 valence electrons. The molecule has 0 radical (unpaired) electrons. The SMILES string of the molecule is O=C(NCc1csc(=O)[nH]1)C1CCSc2ccccc21. The minimum absolute atomic E-state index is 0.0322. The van der Waals surface area contributed by atoms with Crippen LogP contribution >= 0.6 is 23.1 Å². The number of H-pyrrole nitrogens is 1. The number of aromatic nitrogens is 1. The monoisotopic (exact) mass is 306 g/mol. The Morgan fingerprint density at radius 1 is 1.40 bits per heavy atom. The van der Waals surface area contributed by atoms with Crippen LogP contribution in [0.25, 0.3) is 0 Å². The minimum atomic E-state index is -0.0892. The molecule has 0 saturated heterocycles. The second-order valence-corrected chi connectivity index (χ2v) is 6.60. The first-order valence-electron chi connectivity index (χ1n) is 6.40. The molecule has 0 aliphatic carbocycles. The summed E-state index contributed by atoms with van der Waals surface area (Å²) in [6, 6.07) is 8.07. The number of carbonyl (C=O) groups excluding carboxylic acids is 1. The van der Waals surface area contributed by atoms with Gasteiger partial charge in [0.1, 0.15) is 0 Å². The maximum Gasteiger partial charge on any atom is 0.304 e. The largest absolute Gasteiger partial charge is 0.350 e. The first kappa shape index (κ1) is 13.5. The van der Waals surface area contributed by atoms with Crippen LogP contribution in [0.1, 0.15) is 23.6 Å². The molecule has 0 spiro atoms. The van der Waals surface area contributed by atoms with Crippen molar-refractivity contribution in [2.45, 2.75) is 23.8 Å². The average molecular weight is 306 g/mol. The van der Waals surface area contributed by atoms with E-state index in [4.69, 9.17) is 0 Å². The third-order valence-electron chi connectivity index (χ3n) is 3.30. The van der Waals surface area contributed by atoms with Crippen molar-refractivity contribution < 1.29 is 4.79 Å². The molecule has 0 saturated carbocycles. The molecule has 1 atom stereocenters. The van der Waals surface area contributed by atoms with Crippen molar-refractivity contribution in [1.29, 1.82) is 0 Å². The number of rotatable bonds is 3. The Balaban J connectivity index is 1.70. The predicted molar refractivity (Wildman–Crippen MR) is 81.3 cm³/mol. The fourth-order valence-corrected chi connectivity index (χ4v) is 4.03. The smallest absolute Gasteiger partial charge is 0.304 e. The zero-order chi connectivity index (χ0) is 13.9. The molecule has 1 aromatic carbocycles. The maximum atomic E-state index is 12.3. The van der Waals surface area contributed by atoms with Gasteiger partial charge in [0.2, 0.25) is 5.91 Å². The fourth-order valence-electron chi connectivity index (χ4n) is 2.32. The highest BCUT2D eigenvalue weighted by Gasteiger charge is 2.26. The Morgan fingerprint density at radius 2 is 2.25 bits per heavy atom. The number of aromatic amines is 1. The number of nitrogens with one attached hydrogen (secondary N) is 2. The summed E-state index contributed by atoms with van der Waals surface area (Å²) in [6.45, 7) is 0.378. The Labute approximate surface area is 124 Å². The van der Waals surface area contributed by atoms with Gasteiger partial charge in [0.05, 0.1) is 12.5 Å². The Hall–Kier alpha value is -1.53. The lowest BCUT2D eigenvalue weighted by atomic mass is 9.95. The molecule has 1 unspecified atom stereocenters. The highest BCUT2D eigenvalue weighted by molar-refractivity contribution is 7.99. The lowest BCUT2D eigenvalue weighted by Gasteiger charge is -2.24. The van der Waals surface area contributed by atoms with E-state index in [0.29, 0.717) is 6.54 Å². The average Bonchev–Trinajstić information content (AvgIpc) is 2.90. The van der Waals surface area contributed by atoms with Crippen LogP contribution < -0.4 is 10.2 Å². The minimum Gasteiger partial charge on any atom is -0.350 e. The Bertz CT molecular complexity index is 678. The van der Waals surface area contributed by atoms with Crippen LogP contribution in [0.3, 0.4) is 0 Å². The Morgan fingerprint density at radius 3 is 3.05 bits per heavy atom. The molecule has 1 amide bonds. The fraction of sp³-hybridized carbons (Fsp3) is 0.286. The summed E-state index contributed by atoms with van der Waals surface area (Å²) in [4.78, 5) is 27.2. The number of carbonyl (C=O) groups is 1. The van der Waals surface area contributed by atoms with Crippen LogP contribution in [-0.4, -0.2) is 16.6 Å². The normalized spacial score (nSPS) is 17.5. The van der Waals surface area contributed by atoms with Gasteiger partial charge in [0.25, 0.3) is 0 Å². The van der Waals surface area contributed by atoms with Crippen LogP contribution in [0.2, 0.25) is 0 Å². The number of amides is 1. The van der Waals surface area contributed by atoms with Crippen LogP contribution in [-0.2, 0) is 11.3 Å². The van der Waals surface area contributed by atoms with E-state index in [0.717, 1.165) is 34.8 Å². The maximum absolute atomic E-state index is 12.3. The molecule has 1 aliphatic heterocycles. The topological polar surface area (TPSA) is 62.0 Å². The number of hydrogen-bond acceptors (Lipinski definition) is 4. The highest BCUT2D eigenvalue weighted by Crippen LogP contribution is 2.37. The first-order chi connectivity index (χ1) is 9.74. The van der Waals surface area contributed by atoms with Crippen LogP contribution in [0.5, 0.6) is 0 Å². The molecule has 4 nitrogen and oxygen atoms in total. The highest BCUT2D eigenvalue weighted by atomic mass is 32.2. The van der Waals surface area contributed by atoms with Crippen molar-refractivity contribution in [2.24, 2.45) is 0 Å². The lowest BCUT2D eigenvalue weighted by molar-refractivity contribution is -0.122. The molecule has 0 fully saturated rings. The summed E-state index contributed by atoms with van der Waals surface area (Å²) in [5.41, 5.74) is 1.87. The molecular weight excluding hydrogens is 292 g/mol. The van der Waals surface area contributed by atoms with Gasteiger partial charge in [-0.05, 0) is 23.8 Å². The third kappa shape index (κ3) is 2.81. The Kier molecular flexibility index (Phi) is 3.93. The molecule has 2 N–H and O–H groups in total. The van der Waals surface area contributed by atoms with E-state index in [1.54, 1.807) is 17.1 Å². The lowest BCUT2D eigenvalue weighted by Crippen LogP contribution is -2.31. The van der Waals surface area contributed by atoms with Crippen molar-refractivity contribution in [3.05, 3.63) is 50.6 Å². The molecule has 6 heteroatoms. The van der Waals surface area contributed by atoms with E-state index in [-0.39, 0.29) is 16.7 Å². The van der Waals surface area contributed by atoms with E-state index in [1.807, 2.05) is 18.2 Å². The molecular formula is C14H14N2O2S2. The van der Waals surface area contributed by atoms with E-state index >= 15 is 0 Å². The van der Waals surface area contributed by atoms with Gasteiger partial charge in [-0.1, -0.05) is 29.5 Å². The quantitative estimate of drug-likeness (QED) is 0.915. The van der Waals surface area contributed by atoms with Crippen molar-refractivity contribution >= 4 is 29.0 Å². The van der Waals surface area contributed by atoms with E-state index < -0.39 is 0 Å². The summed E-state index contributed by atoms with van der Waals surface area (Å²) in [5.74, 6) is 0.910. The number of fused-ring (bicyclic) bond motifs is 1.